The van der Waals surface area contributed by atoms with Crippen LogP contribution in [0.2, 0.25) is 0 Å². The molecule has 0 aromatic carbocycles. The first-order valence-corrected chi connectivity index (χ1v) is 6.97. The van der Waals surface area contributed by atoms with Gasteiger partial charge in [-0.2, -0.15) is 0 Å². The van der Waals surface area contributed by atoms with E-state index in [1.165, 1.54) is 12.8 Å². The van der Waals surface area contributed by atoms with Crippen molar-refractivity contribution in [2.45, 2.75) is 65.2 Å². The van der Waals surface area contributed by atoms with E-state index in [-0.39, 0.29) is 36.3 Å². The molecule has 0 aromatic heterocycles. The molecule has 1 unspecified atom stereocenters. The Labute approximate surface area is 133 Å². The predicted molar refractivity (Wildman–Crippen MR) is 78.9 cm³/mol. The molecule has 5 heteroatoms. The molecule has 2 radical (unpaired) electrons. The Hall–Kier alpha value is -0.261. The van der Waals surface area contributed by atoms with Crippen molar-refractivity contribution in [3.8, 4) is 0 Å². The van der Waals surface area contributed by atoms with Crippen LogP contribution in [-0.2, 0) is 14.3 Å². The second kappa shape index (κ2) is 14.2. The van der Waals surface area contributed by atoms with Crippen LogP contribution >= 0.6 is 0 Å². The molecular formula is C14H28O4Sn. The van der Waals surface area contributed by atoms with Gasteiger partial charge in [-0.05, 0) is 25.2 Å². The number of unbranched alkanes of at least 4 members (excludes halogenated alkanes) is 2. The molecule has 0 bridgehead atoms. The van der Waals surface area contributed by atoms with Crippen molar-refractivity contribution in [1.29, 1.82) is 0 Å². The summed E-state index contributed by atoms with van der Waals surface area (Å²) in [6, 6.07) is 0. The van der Waals surface area contributed by atoms with E-state index >= 15 is 0 Å². The number of carboxylic acid groups (broad SMARTS) is 1. The Bertz CT molecular complexity index is 244. The fourth-order valence-corrected chi connectivity index (χ4v) is 1.73. The maximum absolute atomic E-state index is 11.4. The predicted octanol–water partition coefficient (Wildman–Crippen LogP) is 2.47. The van der Waals surface area contributed by atoms with Gasteiger partial charge >= 0.3 is 35.8 Å². The normalized spacial score (nSPS) is 11.5. The minimum atomic E-state index is -0.811. The number of carbonyl (C=O) groups excluding carboxylic acids is 1. The van der Waals surface area contributed by atoms with Crippen LogP contribution in [0.4, 0.5) is 0 Å². The zero-order chi connectivity index (χ0) is 13.8. The summed E-state index contributed by atoms with van der Waals surface area (Å²) in [4.78, 5) is 21.7. The Morgan fingerprint density at radius 3 is 2.26 bits per heavy atom. The van der Waals surface area contributed by atoms with E-state index in [4.69, 9.17) is 9.84 Å². The van der Waals surface area contributed by atoms with E-state index in [0.717, 1.165) is 12.8 Å². The zero-order valence-corrected chi connectivity index (χ0v) is 16.4. The van der Waals surface area contributed by atoms with E-state index in [1.807, 2.05) is 0 Å². The Balaban J connectivity index is 0. The van der Waals surface area contributed by atoms with E-state index < -0.39 is 5.97 Å². The van der Waals surface area contributed by atoms with Crippen LogP contribution < -0.4 is 0 Å². The van der Waals surface area contributed by atoms with Crippen molar-refractivity contribution in [2.75, 3.05) is 6.61 Å². The third-order valence-electron chi connectivity index (χ3n) is 3.04. The Morgan fingerprint density at radius 1 is 1.11 bits per heavy atom. The first-order chi connectivity index (χ1) is 8.60. The van der Waals surface area contributed by atoms with Gasteiger partial charge in [-0.15, -0.1) is 0 Å². The summed E-state index contributed by atoms with van der Waals surface area (Å²) in [5, 5.41) is 8.45. The summed E-state index contributed by atoms with van der Waals surface area (Å²) in [6.07, 6.45) is 6.08. The average Bonchev–Trinajstić information content (AvgIpc) is 2.34. The van der Waals surface area contributed by atoms with Crippen molar-refractivity contribution >= 4 is 35.8 Å². The van der Waals surface area contributed by atoms with Crippen molar-refractivity contribution in [1.82, 2.24) is 0 Å². The van der Waals surface area contributed by atoms with Gasteiger partial charge in [0.25, 0.3) is 0 Å². The molecule has 0 aliphatic rings. The molecule has 0 aliphatic carbocycles. The van der Waals surface area contributed by atoms with Gasteiger partial charge < -0.3 is 9.84 Å². The van der Waals surface area contributed by atoms with Gasteiger partial charge in [-0.1, -0.05) is 33.1 Å². The van der Waals surface area contributed by atoms with Crippen molar-refractivity contribution in [3.63, 3.8) is 0 Å². The van der Waals surface area contributed by atoms with Gasteiger partial charge in [-0.25, -0.2) is 0 Å². The summed E-state index contributed by atoms with van der Waals surface area (Å²) in [6.45, 7) is 4.77. The summed E-state index contributed by atoms with van der Waals surface area (Å²) >= 11 is 0. The molecule has 1 atom stereocenters. The number of carbonyl (C=O) groups is 2. The quantitative estimate of drug-likeness (QED) is 0.341. The first-order valence-electron chi connectivity index (χ1n) is 6.97. The van der Waals surface area contributed by atoms with Gasteiger partial charge in [0.05, 0.1) is 6.61 Å². The van der Waals surface area contributed by atoms with E-state index in [9.17, 15) is 9.59 Å². The average molecular weight is 379 g/mol. The van der Waals surface area contributed by atoms with Gasteiger partial charge in [-0.3, -0.25) is 9.59 Å². The van der Waals surface area contributed by atoms with Crippen molar-refractivity contribution in [3.05, 3.63) is 0 Å². The molecular weight excluding hydrogens is 351 g/mol. The third kappa shape index (κ3) is 14.0. The zero-order valence-electron chi connectivity index (χ0n) is 12.3. The Morgan fingerprint density at radius 2 is 1.74 bits per heavy atom. The molecule has 0 aromatic rings. The molecule has 0 spiro atoms. The van der Waals surface area contributed by atoms with Crippen LogP contribution in [-0.4, -0.2) is 47.6 Å². The maximum atomic E-state index is 11.4. The summed E-state index contributed by atoms with van der Waals surface area (Å²) < 4.78 is 5.21. The molecule has 4 nitrogen and oxygen atoms in total. The number of ether oxygens (including phenoxy) is 1. The molecule has 0 rings (SSSR count). The van der Waals surface area contributed by atoms with Gasteiger partial charge in [0.2, 0.25) is 0 Å². The van der Waals surface area contributed by atoms with Crippen LogP contribution in [0.25, 0.3) is 0 Å². The molecule has 0 saturated heterocycles. The topological polar surface area (TPSA) is 63.6 Å². The molecule has 1 N–H and O–H groups in total. The van der Waals surface area contributed by atoms with Crippen molar-refractivity contribution < 1.29 is 19.4 Å². The number of esters is 1. The number of carboxylic acids is 1. The summed E-state index contributed by atoms with van der Waals surface area (Å²) in [5.74, 6) is -0.544. The molecule has 0 amide bonds. The molecule has 19 heavy (non-hydrogen) atoms. The number of hydrogen-bond donors (Lipinski definition) is 1. The third-order valence-corrected chi connectivity index (χ3v) is 3.04. The second-order valence-electron chi connectivity index (χ2n) is 4.70. The fraction of sp³-hybridized carbons (Fsp3) is 0.857. The van der Waals surface area contributed by atoms with Crippen LogP contribution in [0.1, 0.15) is 65.2 Å². The molecule has 0 aliphatic heterocycles. The number of rotatable bonds is 11. The van der Waals surface area contributed by atoms with Crippen LogP contribution in [0, 0.1) is 5.92 Å². The minimum absolute atomic E-state index is 0. The van der Waals surface area contributed by atoms with Crippen LogP contribution in [0.15, 0.2) is 0 Å². The van der Waals surface area contributed by atoms with Crippen LogP contribution in [0.3, 0.4) is 0 Å². The van der Waals surface area contributed by atoms with Crippen molar-refractivity contribution in [2.24, 2.45) is 5.92 Å². The molecule has 0 saturated carbocycles. The standard InChI is InChI=1S/C14H26O4.Sn.2H/c1-3-5-8-12(4-2)11-18-14(17)10-7-6-9-13(15)16;;;/h12H,3-11H2,1-2H3,(H,15,16);;;. The fourth-order valence-electron chi connectivity index (χ4n) is 1.73. The summed E-state index contributed by atoms with van der Waals surface area (Å²) in [7, 11) is 0. The first kappa shape index (κ1) is 21.0. The summed E-state index contributed by atoms with van der Waals surface area (Å²) in [5.41, 5.74) is 0. The number of hydrogen-bond acceptors (Lipinski definition) is 3. The van der Waals surface area contributed by atoms with Crippen LogP contribution in [0.5, 0.6) is 0 Å². The van der Waals surface area contributed by atoms with Gasteiger partial charge in [0.15, 0.2) is 0 Å². The monoisotopic (exact) mass is 380 g/mol. The SMILES string of the molecule is CCCCC(CC)COC(=O)CCCCC(=O)O.[SnH2]. The Kier molecular flexibility index (Phi) is 15.7. The van der Waals surface area contributed by atoms with E-state index in [2.05, 4.69) is 13.8 Å². The second-order valence-corrected chi connectivity index (χ2v) is 4.70. The molecule has 0 fully saturated rings. The number of aliphatic carboxylic acids is 1. The molecule has 0 heterocycles. The van der Waals surface area contributed by atoms with E-state index in [0.29, 0.717) is 31.8 Å². The van der Waals surface area contributed by atoms with Gasteiger partial charge in [0, 0.05) is 12.8 Å². The van der Waals surface area contributed by atoms with E-state index in [1.54, 1.807) is 0 Å². The van der Waals surface area contributed by atoms with Gasteiger partial charge in [0.1, 0.15) is 0 Å². The molecule has 112 valence electrons.